The molecule has 0 saturated carbocycles. The molecule has 0 aliphatic carbocycles. The molecule has 2 N–H and O–H groups in total. The molecule has 0 heterocycles. The molecule has 0 spiro atoms. The molecule has 0 fully saturated rings. The van der Waals surface area contributed by atoms with E-state index in [1.807, 2.05) is 0 Å². The fourth-order valence-corrected chi connectivity index (χ4v) is 0.446. The number of hydrogen-bond donors (Lipinski definition) is 1. The second kappa shape index (κ2) is 3.85. The highest BCUT2D eigenvalue weighted by Crippen LogP contribution is 2.21. The first-order chi connectivity index (χ1) is 5.35. The van der Waals surface area contributed by atoms with Crippen LogP contribution in [0.5, 0.6) is 0 Å². The molecule has 0 saturated heterocycles. The molecule has 0 bridgehead atoms. The first-order valence-corrected chi connectivity index (χ1v) is 2.89. The van der Waals surface area contributed by atoms with E-state index in [1.165, 1.54) is 0 Å². The molecule has 0 unspecified atom stereocenters. The summed E-state index contributed by atoms with van der Waals surface area (Å²) in [5, 5.41) is 0. The van der Waals surface area contributed by atoms with Gasteiger partial charge in [-0.25, -0.2) is 0 Å². The molecule has 0 amide bonds. The minimum Gasteiger partial charge on any atom is -0.406 e. The molecule has 68 valence electrons. The monoisotopic (exact) mass is 179 g/mol. The van der Waals surface area contributed by atoms with Crippen LogP contribution >= 0.6 is 0 Å². The van der Waals surface area contributed by atoms with E-state index >= 15 is 0 Å². The van der Waals surface area contributed by atoms with Crippen LogP contribution in [0.25, 0.3) is 0 Å². The second-order valence-electron chi connectivity index (χ2n) is 1.87. The van der Waals surface area contributed by atoms with Gasteiger partial charge in [-0.3, -0.25) is 0 Å². The summed E-state index contributed by atoms with van der Waals surface area (Å²) in [5.74, 6) is -0.477. The largest absolute Gasteiger partial charge is 0.573 e. The lowest BCUT2D eigenvalue weighted by Gasteiger charge is -2.08. The van der Waals surface area contributed by atoms with Gasteiger partial charge in [0.25, 0.3) is 0 Å². The Balaban J connectivity index is 4.39. The first-order valence-electron chi connectivity index (χ1n) is 2.89. The van der Waals surface area contributed by atoms with Crippen LogP contribution in [0.1, 0.15) is 0 Å². The third kappa shape index (κ3) is 5.40. The average molecular weight is 179 g/mol. The molecule has 0 rings (SSSR count). The maximum absolute atomic E-state index is 11.6. The molecule has 0 aliphatic rings. The number of alkyl halides is 3. The summed E-state index contributed by atoms with van der Waals surface area (Å²) in [6.45, 7) is 6.29. The van der Waals surface area contributed by atoms with Crippen molar-refractivity contribution in [2.75, 3.05) is 0 Å². The van der Waals surface area contributed by atoms with Crippen LogP contribution in [0.4, 0.5) is 13.2 Å². The quantitative estimate of drug-likeness (QED) is 0.531. The molecule has 5 heteroatoms. The Bertz CT molecular complexity index is 217. The molecule has 0 aliphatic heterocycles. The molecular formula is C7H8F3NO. The summed E-state index contributed by atoms with van der Waals surface area (Å²) in [4.78, 5) is 0. The molecular weight excluding hydrogens is 171 g/mol. The molecule has 0 aromatic rings. The minimum atomic E-state index is -4.73. The van der Waals surface area contributed by atoms with Crippen LogP contribution in [-0.2, 0) is 4.74 Å². The number of nitrogens with two attached hydrogens (primary N) is 1. The summed E-state index contributed by atoms with van der Waals surface area (Å²) < 4.78 is 38.2. The van der Waals surface area contributed by atoms with Gasteiger partial charge in [0.1, 0.15) is 5.76 Å². The predicted octanol–water partition coefficient (Wildman–Crippen LogP) is 2.07. The van der Waals surface area contributed by atoms with E-state index in [9.17, 15) is 13.2 Å². The van der Waals surface area contributed by atoms with E-state index in [2.05, 4.69) is 17.9 Å². The highest BCUT2D eigenvalue weighted by molar-refractivity contribution is 5.20. The Labute approximate surface area is 67.8 Å². The van der Waals surface area contributed by atoms with E-state index in [-0.39, 0.29) is 5.70 Å². The van der Waals surface area contributed by atoms with Crippen LogP contribution in [0.15, 0.2) is 36.8 Å². The topological polar surface area (TPSA) is 35.2 Å². The van der Waals surface area contributed by atoms with Crippen LogP contribution in [0.3, 0.4) is 0 Å². The molecule has 0 radical (unpaired) electrons. The van der Waals surface area contributed by atoms with Gasteiger partial charge in [0, 0.05) is 11.8 Å². The Hall–Kier alpha value is -1.39. The average Bonchev–Trinajstić information content (AvgIpc) is 1.82. The summed E-state index contributed by atoms with van der Waals surface area (Å²) in [7, 11) is 0. The maximum atomic E-state index is 11.6. The van der Waals surface area contributed by atoms with Crippen molar-refractivity contribution < 1.29 is 17.9 Å². The van der Waals surface area contributed by atoms with Gasteiger partial charge in [0.2, 0.25) is 0 Å². The van der Waals surface area contributed by atoms with Crippen LogP contribution in [-0.4, -0.2) is 6.36 Å². The molecule has 2 nitrogen and oxygen atoms in total. The van der Waals surface area contributed by atoms with Crippen molar-refractivity contribution in [2.45, 2.75) is 6.36 Å². The third-order valence-electron chi connectivity index (χ3n) is 0.762. The number of halogens is 3. The zero-order chi connectivity index (χ0) is 9.78. The van der Waals surface area contributed by atoms with Gasteiger partial charge in [0.15, 0.2) is 0 Å². The van der Waals surface area contributed by atoms with Crippen molar-refractivity contribution in [3.63, 3.8) is 0 Å². The predicted molar refractivity (Wildman–Crippen MR) is 38.7 cm³/mol. The highest BCUT2D eigenvalue weighted by Gasteiger charge is 2.31. The van der Waals surface area contributed by atoms with Crippen molar-refractivity contribution in [1.29, 1.82) is 0 Å². The summed E-state index contributed by atoms with van der Waals surface area (Å²) in [6.07, 6.45) is -2.90. The van der Waals surface area contributed by atoms with Gasteiger partial charge in [-0.1, -0.05) is 13.2 Å². The van der Waals surface area contributed by atoms with E-state index in [0.29, 0.717) is 0 Å². The fourth-order valence-electron chi connectivity index (χ4n) is 0.446. The van der Waals surface area contributed by atoms with Crippen molar-refractivity contribution in [1.82, 2.24) is 0 Å². The number of ether oxygens (including phenoxy) is 1. The smallest absolute Gasteiger partial charge is 0.406 e. The van der Waals surface area contributed by atoms with Gasteiger partial charge in [0.05, 0.1) is 0 Å². The maximum Gasteiger partial charge on any atom is 0.573 e. The molecule has 0 aromatic heterocycles. The number of rotatable bonds is 3. The minimum absolute atomic E-state index is 0.0332. The highest BCUT2D eigenvalue weighted by atomic mass is 19.4. The van der Waals surface area contributed by atoms with Crippen molar-refractivity contribution in [2.24, 2.45) is 5.73 Å². The Morgan fingerprint density at radius 3 is 2.17 bits per heavy atom. The van der Waals surface area contributed by atoms with Crippen LogP contribution in [0, 0.1) is 0 Å². The Morgan fingerprint density at radius 2 is 1.92 bits per heavy atom. The third-order valence-corrected chi connectivity index (χ3v) is 0.762. The van der Waals surface area contributed by atoms with E-state index in [0.717, 1.165) is 12.2 Å². The Morgan fingerprint density at radius 1 is 1.42 bits per heavy atom. The van der Waals surface area contributed by atoms with Gasteiger partial charge in [-0.05, 0) is 6.08 Å². The molecule has 12 heavy (non-hydrogen) atoms. The second-order valence-corrected chi connectivity index (χ2v) is 1.87. The molecule has 0 aromatic carbocycles. The van der Waals surface area contributed by atoms with Crippen molar-refractivity contribution >= 4 is 0 Å². The zero-order valence-corrected chi connectivity index (χ0v) is 6.19. The molecule has 0 atom stereocenters. The number of allylic oxidation sites excluding steroid dienone is 2. The van der Waals surface area contributed by atoms with Crippen molar-refractivity contribution in [3.8, 4) is 0 Å². The van der Waals surface area contributed by atoms with E-state index < -0.39 is 12.1 Å². The van der Waals surface area contributed by atoms with Gasteiger partial charge in [-0.15, -0.1) is 13.2 Å². The first kappa shape index (κ1) is 10.6. The summed E-state index contributed by atoms with van der Waals surface area (Å²) in [6, 6.07) is 0. The lowest BCUT2D eigenvalue weighted by atomic mass is 10.4. The Kier molecular flexibility index (Phi) is 3.40. The van der Waals surface area contributed by atoms with Crippen molar-refractivity contribution in [3.05, 3.63) is 36.8 Å². The van der Waals surface area contributed by atoms with E-state index in [4.69, 9.17) is 5.73 Å². The van der Waals surface area contributed by atoms with E-state index in [1.54, 1.807) is 0 Å². The van der Waals surface area contributed by atoms with Crippen LogP contribution < -0.4 is 5.73 Å². The van der Waals surface area contributed by atoms with Gasteiger partial charge < -0.3 is 10.5 Å². The normalized spacial score (nSPS) is 12.4. The standard InChI is InChI=1S/C7H8F3NO/c1-3-6(4-5(2)11)12-7(8,9)10/h3-4H,1-2,11H2/b6-4+. The zero-order valence-electron chi connectivity index (χ0n) is 6.19. The van der Waals surface area contributed by atoms with Crippen LogP contribution in [0.2, 0.25) is 0 Å². The fraction of sp³-hybridized carbons (Fsp3) is 0.143. The SMILES string of the molecule is C=C/C(=C\C(=C)N)OC(F)(F)F. The lowest BCUT2D eigenvalue weighted by Crippen LogP contribution is -2.12. The lowest BCUT2D eigenvalue weighted by molar-refractivity contribution is -0.303. The van der Waals surface area contributed by atoms with Gasteiger partial charge >= 0.3 is 6.36 Å². The van der Waals surface area contributed by atoms with Gasteiger partial charge in [-0.2, -0.15) is 0 Å². The summed E-state index contributed by atoms with van der Waals surface area (Å²) >= 11 is 0. The number of hydrogen-bond acceptors (Lipinski definition) is 2. The summed E-state index contributed by atoms with van der Waals surface area (Å²) in [5.41, 5.74) is 4.99.